The lowest BCUT2D eigenvalue weighted by Gasteiger charge is -2.22. The molecular formula is C20H22F2. The molecule has 3 rings (SSSR count). The van der Waals surface area contributed by atoms with E-state index in [-0.39, 0.29) is 0 Å². The average molecular weight is 300 g/mol. The average Bonchev–Trinajstić information content (AvgIpc) is 2.58. The molecule has 0 aromatic heterocycles. The highest BCUT2D eigenvalue weighted by molar-refractivity contribution is 5.65. The molecule has 0 N–H and O–H groups in total. The summed E-state index contributed by atoms with van der Waals surface area (Å²) in [6.07, 6.45) is 6.92. The molecule has 2 aromatic rings. The summed E-state index contributed by atoms with van der Waals surface area (Å²) in [7, 11) is 0. The number of rotatable bonds is 3. The van der Waals surface area contributed by atoms with E-state index in [4.69, 9.17) is 0 Å². The van der Waals surface area contributed by atoms with Gasteiger partial charge in [-0.3, -0.25) is 0 Å². The molecule has 0 radical (unpaired) electrons. The number of aryl methyl sites for hydroxylation is 1. The van der Waals surface area contributed by atoms with Gasteiger partial charge in [0, 0.05) is 5.56 Å². The van der Waals surface area contributed by atoms with Crippen molar-refractivity contribution in [1.82, 2.24) is 0 Å². The molecule has 0 spiro atoms. The maximum Gasteiger partial charge on any atom is 0.166 e. The van der Waals surface area contributed by atoms with Crippen molar-refractivity contribution in [3.63, 3.8) is 0 Å². The molecule has 0 amide bonds. The predicted octanol–water partition coefficient (Wildman–Crippen LogP) is 6.24. The van der Waals surface area contributed by atoms with Crippen molar-refractivity contribution in [1.29, 1.82) is 0 Å². The highest BCUT2D eigenvalue weighted by Crippen LogP contribution is 2.34. The van der Waals surface area contributed by atoms with Crippen LogP contribution >= 0.6 is 0 Å². The molecule has 2 heteroatoms. The second kappa shape index (κ2) is 6.60. The van der Waals surface area contributed by atoms with Crippen molar-refractivity contribution in [2.75, 3.05) is 0 Å². The smallest absolute Gasteiger partial charge is 0.166 e. The Bertz CT molecular complexity index is 638. The fraction of sp³-hybridized carbons (Fsp3) is 0.400. The zero-order valence-electron chi connectivity index (χ0n) is 13.0. The molecule has 116 valence electrons. The van der Waals surface area contributed by atoms with Crippen molar-refractivity contribution in [2.24, 2.45) is 0 Å². The van der Waals surface area contributed by atoms with Crippen LogP contribution in [0.3, 0.4) is 0 Å². The predicted molar refractivity (Wildman–Crippen MR) is 87.0 cm³/mol. The van der Waals surface area contributed by atoms with Crippen LogP contribution < -0.4 is 0 Å². The molecule has 1 fully saturated rings. The zero-order valence-corrected chi connectivity index (χ0v) is 13.0. The summed E-state index contributed by atoms with van der Waals surface area (Å²) < 4.78 is 28.2. The van der Waals surface area contributed by atoms with Gasteiger partial charge in [-0.05, 0) is 41.9 Å². The third-order valence-electron chi connectivity index (χ3n) is 4.84. The van der Waals surface area contributed by atoms with Gasteiger partial charge in [0.1, 0.15) is 0 Å². The summed E-state index contributed by atoms with van der Waals surface area (Å²) in [5, 5.41) is 0. The van der Waals surface area contributed by atoms with Gasteiger partial charge in [0.25, 0.3) is 0 Å². The van der Waals surface area contributed by atoms with E-state index in [0.717, 1.165) is 5.56 Å². The van der Waals surface area contributed by atoms with Gasteiger partial charge in [-0.2, -0.15) is 0 Å². The minimum Gasteiger partial charge on any atom is -0.203 e. The van der Waals surface area contributed by atoms with Crippen molar-refractivity contribution < 1.29 is 8.78 Å². The maximum absolute atomic E-state index is 14.2. The van der Waals surface area contributed by atoms with Crippen molar-refractivity contribution >= 4 is 0 Å². The van der Waals surface area contributed by atoms with Crippen LogP contribution in [0.2, 0.25) is 0 Å². The fourth-order valence-electron chi connectivity index (χ4n) is 3.46. The largest absolute Gasteiger partial charge is 0.203 e. The Hall–Kier alpha value is -1.70. The number of hydrogen-bond acceptors (Lipinski definition) is 0. The molecule has 0 nitrogen and oxygen atoms in total. The first-order chi connectivity index (χ1) is 10.7. The van der Waals surface area contributed by atoms with E-state index < -0.39 is 11.6 Å². The van der Waals surface area contributed by atoms with E-state index in [9.17, 15) is 8.78 Å². The van der Waals surface area contributed by atoms with Crippen LogP contribution in [0.4, 0.5) is 8.78 Å². The fourth-order valence-corrected chi connectivity index (χ4v) is 3.46. The van der Waals surface area contributed by atoms with E-state index in [1.807, 2.05) is 19.1 Å². The van der Waals surface area contributed by atoms with Crippen LogP contribution in [-0.2, 0) is 6.42 Å². The van der Waals surface area contributed by atoms with E-state index in [1.165, 1.54) is 37.7 Å². The van der Waals surface area contributed by atoms with Crippen LogP contribution in [0.5, 0.6) is 0 Å². The first-order valence-electron chi connectivity index (χ1n) is 8.28. The molecule has 1 aliphatic rings. The molecule has 0 heterocycles. The zero-order chi connectivity index (χ0) is 15.5. The van der Waals surface area contributed by atoms with Gasteiger partial charge < -0.3 is 0 Å². The third kappa shape index (κ3) is 2.92. The van der Waals surface area contributed by atoms with Gasteiger partial charge >= 0.3 is 0 Å². The Kier molecular flexibility index (Phi) is 4.56. The Labute approximate surface area is 131 Å². The minimum absolute atomic E-state index is 0.352. The normalized spacial score (nSPS) is 16.0. The second-order valence-electron chi connectivity index (χ2n) is 6.21. The summed E-state index contributed by atoms with van der Waals surface area (Å²) in [5.74, 6) is -0.812. The second-order valence-corrected chi connectivity index (χ2v) is 6.21. The van der Waals surface area contributed by atoms with Gasteiger partial charge in [0.2, 0.25) is 0 Å². The number of halogens is 2. The maximum atomic E-state index is 14.2. The molecule has 0 aliphatic heterocycles. The van der Waals surface area contributed by atoms with E-state index in [1.54, 1.807) is 12.1 Å². The van der Waals surface area contributed by atoms with Crippen LogP contribution in [-0.4, -0.2) is 0 Å². The molecule has 0 atom stereocenters. The monoisotopic (exact) mass is 300 g/mol. The Morgan fingerprint density at radius 1 is 0.864 bits per heavy atom. The van der Waals surface area contributed by atoms with Crippen LogP contribution in [0.15, 0.2) is 36.4 Å². The minimum atomic E-state index is -0.732. The lowest BCUT2D eigenvalue weighted by molar-refractivity contribution is 0.443. The van der Waals surface area contributed by atoms with Gasteiger partial charge in [0.05, 0.1) is 0 Å². The first kappa shape index (κ1) is 15.2. The van der Waals surface area contributed by atoms with Crippen molar-refractivity contribution in [3.05, 3.63) is 59.2 Å². The Morgan fingerprint density at radius 2 is 1.55 bits per heavy atom. The summed E-state index contributed by atoms with van der Waals surface area (Å²) >= 11 is 0. The molecule has 0 unspecified atom stereocenters. The molecular weight excluding hydrogens is 278 g/mol. The SMILES string of the molecule is CCc1ccc(-c2ccc(C3CCCCC3)cc2)c(F)c1F. The number of hydrogen-bond donors (Lipinski definition) is 0. The van der Waals surface area contributed by atoms with E-state index in [2.05, 4.69) is 12.1 Å². The Balaban J connectivity index is 1.88. The highest BCUT2D eigenvalue weighted by Gasteiger charge is 2.17. The van der Waals surface area contributed by atoms with Gasteiger partial charge in [-0.15, -0.1) is 0 Å². The van der Waals surface area contributed by atoms with Gasteiger partial charge in [-0.25, -0.2) is 8.78 Å². The topological polar surface area (TPSA) is 0 Å². The summed E-state index contributed by atoms with van der Waals surface area (Å²) in [6.45, 7) is 1.83. The highest BCUT2D eigenvalue weighted by atomic mass is 19.2. The molecule has 2 aromatic carbocycles. The quantitative estimate of drug-likeness (QED) is 0.629. The summed E-state index contributed by atoms with van der Waals surface area (Å²) in [6, 6.07) is 11.4. The molecule has 1 aliphatic carbocycles. The first-order valence-corrected chi connectivity index (χ1v) is 8.28. The lowest BCUT2D eigenvalue weighted by atomic mass is 9.83. The van der Waals surface area contributed by atoms with Crippen molar-refractivity contribution in [2.45, 2.75) is 51.4 Å². The van der Waals surface area contributed by atoms with Crippen LogP contribution in [0.1, 0.15) is 56.1 Å². The van der Waals surface area contributed by atoms with Crippen LogP contribution in [0.25, 0.3) is 11.1 Å². The van der Waals surface area contributed by atoms with Gasteiger partial charge in [0.15, 0.2) is 11.6 Å². The van der Waals surface area contributed by atoms with Crippen molar-refractivity contribution in [3.8, 4) is 11.1 Å². The third-order valence-corrected chi connectivity index (χ3v) is 4.84. The molecule has 0 bridgehead atoms. The number of benzene rings is 2. The lowest BCUT2D eigenvalue weighted by Crippen LogP contribution is -2.04. The summed E-state index contributed by atoms with van der Waals surface area (Å²) in [4.78, 5) is 0. The van der Waals surface area contributed by atoms with Crippen LogP contribution in [0, 0.1) is 11.6 Å². The Morgan fingerprint density at radius 3 is 2.18 bits per heavy atom. The van der Waals surface area contributed by atoms with E-state index in [0.29, 0.717) is 23.5 Å². The van der Waals surface area contributed by atoms with Gasteiger partial charge in [-0.1, -0.05) is 62.6 Å². The molecule has 22 heavy (non-hydrogen) atoms. The standard InChI is InChI=1S/C20H22F2/c1-2-14-12-13-18(20(22)19(14)21)17-10-8-16(9-11-17)15-6-4-3-5-7-15/h8-13,15H,2-7H2,1H3. The van der Waals surface area contributed by atoms with E-state index >= 15 is 0 Å². The molecule has 0 saturated heterocycles. The molecule has 1 saturated carbocycles. The summed E-state index contributed by atoms with van der Waals surface area (Å²) in [5.41, 5.74) is 2.86.